The maximum atomic E-state index is 12.6. The van der Waals surface area contributed by atoms with Crippen LogP contribution in [0.5, 0.6) is 0 Å². The van der Waals surface area contributed by atoms with Crippen molar-refractivity contribution in [2.45, 2.75) is 32.7 Å². The first kappa shape index (κ1) is 20.0. The van der Waals surface area contributed by atoms with E-state index in [0.29, 0.717) is 30.2 Å². The third kappa shape index (κ3) is 4.38. The van der Waals surface area contributed by atoms with Gasteiger partial charge < -0.3 is 0 Å². The summed E-state index contributed by atoms with van der Waals surface area (Å²) in [6, 6.07) is 6.66. The van der Waals surface area contributed by atoms with Gasteiger partial charge in [0.25, 0.3) is 11.5 Å². The van der Waals surface area contributed by atoms with Gasteiger partial charge in [-0.3, -0.25) is 25.2 Å². The van der Waals surface area contributed by atoms with E-state index in [9.17, 15) is 22.8 Å². The number of benzene rings is 1. The summed E-state index contributed by atoms with van der Waals surface area (Å²) in [4.78, 5) is 37.1. The van der Waals surface area contributed by atoms with Crippen LogP contribution < -0.4 is 16.4 Å². The minimum atomic E-state index is -3.06. The molecule has 2 heterocycles. The van der Waals surface area contributed by atoms with Gasteiger partial charge in [0.2, 0.25) is 5.91 Å². The van der Waals surface area contributed by atoms with Crippen LogP contribution in [0, 0.1) is 5.92 Å². The van der Waals surface area contributed by atoms with Crippen LogP contribution >= 0.6 is 0 Å². The number of carbonyl (C=O) groups excluding carboxylic acids is 2. The van der Waals surface area contributed by atoms with Crippen molar-refractivity contribution in [3.05, 3.63) is 40.3 Å². The monoisotopic (exact) mass is 406 g/mol. The number of aromatic nitrogens is 2. The lowest BCUT2D eigenvalue weighted by atomic mass is 10.1. The van der Waals surface area contributed by atoms with Crippen LogP contribution in [0.2, 0.25) is 0 Å². The van der Waals surface area contributed by atoms with Crippen LogP contribution in [0.3, 0.4) is 0 Å². The predicted octanol–water partition coefficient (Wildman–Crippen LogP) is 0.392. The molecule has 1 aromatic carbocycles. The van der Waals surface area contributed by atoms with Crippen molar-refractivity contribution in [3.63, 3.8) is 0 Å². The van der Waals surface area contributed by atoms with Crippen LogP contribution in [0.15, 0.2) is 29.1 Å². The smallest absolute Gasteiger partial charge is 0.273 e. The number of aryl methyl sites for hydroxylation is 1. The van der Waals surface area contributed by atoms with Crippen molar-refractivity contribution >= 4 is 32.4 Å². The van der Waals surface area contributed by atoms with Gasteiger partial charge in [0.1, 0.15) is 0 Å². The Labute approximate surface area is 162 Å². The summed E-state index contributed by atoms with van der Waals surface area (Å²) in [5.41, 5.74) is 4.37. The highest BCUT2D eigenvalue weighted by molar-refractivity contribution is 7.91. The van der Waals surface area contributed by atoms with Crippen LogP contribution in [0.4, 0.5) is 0 Å². The second-order valence-electron chi connectivity index (χ2n) is 6.90. The number of rotatable bonds is 5. The number of nitrogens with one attached hydrogen (secondary N) is 2. The third-order valence-corrected chi connectivity index (χ3v) is 6.47. The minimum Gasteiger partial charge on any atom is -0.273 e. The highest BCUT2D eigenvalue weighted by atomic mass is 32.2. The fourth-order valence-electron chi connectivity index (χ4n) is 3.30. The molecule has 3 rings (SSSR count). The maximum absolute atomic E-state index is 12.6. The molecule has 1 aliphatic rings. The highest BCUT2D eigenvalue weighted by Crippen LogP contribution is 2.21. The molecule has 1 atom stereocenters. The molecular weight excluding hydrogens is 384 g/mol. The van der Waals surface area contributed by atoms with Crippen molar-refractivity contribution in [2.24, 2.45) is 5.92 Å². The Morgan fingerprint density at radius 3 is 2.57 bits per heavy atom. The number of hydrazine groups is 1. The molecule has 0 radical (unpaired) electrons. The van der Waals surface area contributed by atoms with E-state index >= 15 is 0 Å². The molecule has 1 aliphatic heterocycles. The van der Waals surface area contributed by atoms with Crippen LogP contribution in [0.1, 0.15) is 36.7 Å². The van der Waals surface area contributed by atoms with Gasteiger partial charge in [0, 0.05) is 18.4 Å². The van der Waals surface area contributed by atoms with E-state index < -0.39 is 21.7 Å². The van der Waals surface area contributed by atoms with E-state index in [1.165, 1.54) is 4.68 Å². The molecule has 1 saturated heterocycles. The molecule has 28 heavy (non-hydrogen) atoms. The molecule has 2 N–H and O–H groups in total. The number of fused-ring (bicyclic) bond motifs is 1. The van der Waals surface area contributed by atoms with Gasteiger partial charge in [-0.25, -0.2) is 13.1 Å². The largest absolute Gasteiger partial charge is 0.290 e. The molecule has 2 aromatic rings. The molecule has 1 fully saturated rings. The summed E-state index contributed by atoms with van der Waals surface area (Å²) < 4.78 is 24.2. The SMILES string of the molecule is CCCn1nc(C(=O)NNC(=O)C[C@H]2CCS(=O)(=O)C2)c2ccccc2c1=O. The van der Waals surface area contributed by atoms with Crippen molar-refractivity contribution in [3.8, 4) is 0 Å². The van der Waals surface area contributed by atoms with E-state index in [1.54, 1.807) is 24.3 Å². The Balaban J connectivity index is 1.73. The summed E-state index contributed by atoms with van der Waals surface area (Å²) in [6.45, 7) is 2.26. The number of sulfone groups is 1. The molecule has 9 nitrogen and oxygen atoms in total. The molecule has 10 heteroatoms. The first-order chi connectivity index (χ1) is 13.3. The lowest BCUT2D eigenvalue weighted by molar-refractivity contribution is -0.122. The van der Waals surface area contributed by atoms with Gasteiger partial charge in [-0.05, 0) is 24.8 Å². The van der Waals surface area contributed by atoms with Gasteiger partial charge in [0.15, 0.2) is 15.5 Å². The number of carbonyl (C=O) groups is 2. The molecule has 0 bridgehead atoms. The summed E-state index contributed by atoms with van der Waals surface area (Å²) in [5.74, 6) is -1.28. The van der Waals surface area contributed by atoms with Crippen LogP contribution in [-0.4, -0.2) is 41.5 Å². The lowest BCUT2D eigenvalue weighted by Crippen LogP contribution is -2.43. The Bertz CT molecular complexity index is 1080. The van der Waals surface area contributed by atoms with Crippen molar-refractivity contribution in [2.75, 3.05) is 11.5 Å². The number of hydrogen-bond donors (Lipinski definition) is 2. The minimum absolute atomic E-state index is 0.0114. The fourth-order valence-corrected chi connectivity index (χ4v) is 5.16. The standard InChI is InChI=1S/C18H22N4O5S/c1-2-8-22-18(25)14-6-4-3-5-13(14)16(21-22)17(24)20-19-15(23)10-12-7-9-28(26,27)11-12/h3-6,12H,2,7-11H2,1H3,(H,19,23)(H,20,24)/t12-/m1/s1. The van der Waals surface area contributed by atoms with Gasteiger partial charge >= 0.3 is 0 Å². The average Bonchev–Trinajstić information content (AvgIpc) is 3.00. The molecule has 0 spiro atoms. The van der Waals surface area contributed by atoms with Crippen LogP contribution in [-0.2, 0) is 21.2 Å². The summed E-state index contributed by atoms with van der Waals surface area (Å²) in [7, 11) is -3.06. The van der Waals surface area contributed by atoms with Gasteiger partial charge in [-0.2, -0.15) is 5.10 Å². The quantitative estimate of drug-likeness (QED) is 0.692. The highest BCUT2D eigenvalue weighted by Gasteiger charge is 2.29. The molecule has 0 aliphatic carbocycles. The fraction of sp³-hybridized carbons (Fsp3) is 0.444. The molecule has 2 amide bonds. The van der Waals surface area contributed by atoms with Crippen molar-refractivity contribution < 1.29 is 18.0 Å². The summed E-state index contributed by atoms with van der Waals surface area (Å²) in [5, 5.41) is 4.92. The maximum Gasteiger partial charge on any atom is 0.290 e. The Kier molecular flexibility index (Phi) is 5.78. The van der Waals surface area contributed by atoms with Gasteiger partial charge in [-0.1, -0.05) is 25.1 Å². The van der Waals surface area contributed by atoms with E-state index in [-0.39, 0.29) is 35.1 Å². The first-order valence-corrected chi connectivity index (χ1v) is 10.9. The average molecular weight is 406 g/mol. The number of amides is 2. The van der Waals surface area contributed by atoms with Gasteiger partial charge in [0.05, 0.1) is 16.9 Å². The van der Waals surface area contributed by atoms with E-state index in [1.807, 2.05) is 6.92 Å². The van der Waals surface area contributed by atoms with Crippen LogP contribution in [0.25, 0.3) is 10.8 Å². The summed E-state index contributed by atoms with van der Waals surface area (Å²) >= 11 is 0. The van der Waals surface area contributed by atoms with E-state index in [4.69, 9.17) is 0 Å². The summed E-state index contributed by atoms with van der Waals surface area (Å²) in [6.07, 6.45) is 1.13. The Hall–Kier alpha value is -2.75. The Morgan fingerprint density at radius 1 is 1.21 bits per heavy atom. The molecule has 1 aromatic heterocycles. The third-order valence-electron chi connectivity index (χ3n) is 4.63. The van der Waals surface area contributed by atoms with Crippen molar-refractivity contribution in [1.82, 2.24) is 20.6 Å². The van der Waals surface area contributed by atoms with Gasteiger partial charge in [-0.15, -0.1) is 0 Å². The Morgan fingerprint density at radius 2 is 1.93 bits per heavy atom. The molecule has 0 unspecified atom stereocenters. The first-order valence-electron chi connectivity index (χ1n) is 9.10. The molecular formula is C18H22N4O5S. The number of nitrogens with zero attached hydrogens (tertiary/aromatic N) is 2. The topological polar surface area (TPSA) is 127 Å². The zero-order valence-electron chi connectivity index (χ0n) is 15.5. The molecule has 0 saturated carbocycles. The van der Waals surface area contributed by atoms with E-state index in [0.717, 1.165) is 0 Å². The zero-order chi connectivity index (χ0) is 20.3. The predicted molar refractivity (Wildman–Crippen MR) is 103 cm³/mol. The number of hydrogen-bond acceptors (Lipinski definition) is 6. The van der Waals surface area contributed by atoms with E-state index in [2.05, 4.69) is 16.0 Å². The second kappa shape index (κ2) is 8.09. The second-order valence-corrected chi connectivity index (χ2v) is 9.13. The van der Waals surface area contributed by atoms with Crippen molar-refractivity contribution in [1.29, 1.82) is 0 Å². The normalized spacial score (nSPS) is 18.1. The molecule has 150 valence electrons. The lowest BCUT2D eigenvalue weighted by Gasteiger charge is -2.12. The zero-order valence-corrected chi connectivity index (χ0v) is 16.3.